The number of amides is 1. The van der Waals surface area contributed by atoms with Crippen molar-refractivity contribution in [2.24, 2.45) is 0 Å². The predicted molar refractivity (Wildman–Crippen MR) is 134 cm³/mol. The molecule has 32 heavy (non-hydrogen) atoms. The fraction of sp³-hybridized carbons (Fsp3) is 0.560. The first-order chi connectivity index (χ1) is 15.6. The normalized spacial score (nSPS) is 17.9. The molecule has 1 amide bonds. The first kappa shape index (κ1) is 21.8. The molecule has 5 rings (SSSR count). The molecule has 1 aliphatic carbocycles. The van der Waals surface area contributed by atoms with Crippen LogP contribution in [0.5, 0.6) is 0 Å². The lowest BCUT2D eigenvalue weighted by atomic mass is 10.1. The minimum absolute atomic E-state index is 0.240. The number of nitrogens with zero attached hydrogens (tertiary/aromatic N) is 4. The predicted octanol–water partition coefficient (Wildman–Crippen LogP) is 5.43. The number of rotatable bonds is 5. The Morgan fingerprint density at radius 3 is 2.69 bits per heavy atom. The molecule has 7 heteroatoms. The molecule has 0 N–H and O–H groups in total. The van der Waals surface area contributed by atoms with Crippen LogP contribution in [0.2, 0.25) is 0 Å². The van der Waals surface area contributed by atoms with E-state index < -0.39 is 0 Å². The first-order valence-electron chi connectivity index (χ1n) is 12.0. The summed E-state index contributed by atoms with van der Waals surface area (Å²) in [6, 6.07) is 4.07. The molecule has 0 radical (unpaired) electrons. The third-order valence-electron chi connectivity index (χ3n) is 6.95. The summed E-state index contributed by atoms with van der Waals surface area (Å²) in [5.41, 5.74) is 1.50. The Hall–Kier alpha value is -1.99. The van der Waals surface area contributed by atoms with Gasteiger partial charge in [0, 0.05) is 41.9 Å². The summed E-state index contributed by atoms with van der Waals surface area (Å²) in [4.78, 5) is 31.3. The highest BCUT2D eigenvalue weighted by atomic mass is 32.1. The Kier molecular flexibility index (Phi) is 6.47. The van der Waals surface area contributed by atoms with Crippen LogP contribution in [0.1, 0.15) is 66.6 Å². The van der Waals surface area contributed by atoms with Crippen LogP contribution < -0.4 is 4.90 Å². The van der Waals surface area contributed by atoms with Gasteiger partial charge in [0.15, 0.2) is 0 Å². The monoisotopic (exact) mass is 468 g/mol. The van der Waals surface area contributed by atoms with Gasteiger partial charge in [-0.15, -0.1) is 22.7 Å². The second-order valence-electron chi connectivity index (χ2n) is 9.08. The molecule has 3 aromatic heterocycles. The van der Waals surface area contributed by atoms with Gasteiger partial charge in [-0.3, -0.25) is 4.79 Å². The minimum Gasteiger partial charge on any atom is -0.352 e. The third kappa shape index (κ3) is 4.29. The van der Waals surface area contributed by atoms with Crippen molar-refractivity contribution in [3.8, 4) is 0 Å². The van der Waals surface area contributed by atoms with Crippen LogP contribution in [-0.2, 0) is 24.1 Å². The highest BCUT2D eigenvalue weighted by Crippen LogP contribution is 2.40. The van der Waals surface area contributed by atoms with Gasteiger partial charge in [0.25, 0.3) is 0 Å². The van der Waals surface area contributed by atoms with Gasteiger partial charge in [0.2, 0.25) is 5.91 Å². The van der Waals surface area contributed by atoms with Crippen LogP contribution in [0.3, 0.4) is 0 Å². The number of piperazine rings is 1. The summed E-state index contributed by atoms with van der Waals surface area (Å²) in [6.45, 7) is 7.64. The van der Waals surface area contributed by atoms with Crippen molar-refractivity contribution in [3.05, 3.63) is 38.7 Å². The smallest absolute Gasteiger partial charge is 0.227 e. The molecule has 1 fully saturated rings. The van der Waals surface area contributed by atoms with E-state index in [1.165, 1.54) is 46.3 Å². The van der Waals surface area contributed by atoms with E-state index in [4.69, 9.17) is 9.97 Å². The summed E-state index contributed by atoms with van der Waals surface area (Å²) in [6.07, 6.45) is 7.75. The second kappa shape index (κ2) is 9.48. The number of thiophene rings is 2. The van der Waals surface area contributed by atoms with Gasteiger partial charge < -0.3 is 9.80 Å². The Bertz CT molecular complexity index is 1080. The Morgan fingerprint density at radius 1 is 1.12 bits per heavy atom. The molecule has 1 aliphatic heterocycles. The highest BCUT2D eigenvalue weighted by molar-refractivity contribution is 7.19. The number of anilines is 1. The summed E-state index contributed by atoms with van der Waals surface area (Å²) in [5, 5.41) is 3.34. The van der Waals surface area contributed by atoms with Gasteiger partial charge in [-0.2, -0.15) is 0 Å². The van der Waals surface area contributed by atoms with Crippen molar-refractivity contribution in [2.45, 2.75) is 64.7 Å². The molecule has 3 aromatic rings. The Labute approximate surface area is 198 Å². The average Bonchev–Trinajstić information content (AvgIpc) is 3.39. The van der Waals surface area contributed by atoms with Crippen LogP contribution in [0.4, 0.5) is 5.82 Å². The molecule has 0 saturated carbocycles. The highest BCUT2D eigenvalue weighted by Gasteiger charge is 2.27. The molecule has 0 bridgehead atoms. The minimum atomic E-state index is 0.240. The van der Waals surface area contributed by atoms with Crippen LogP contribution >= 0.6 is 22.7 Å². The van der Waals surface area contributed by atoms with Crippen LogP contribution in [0.15, 0.2) is 17.5 Å². The fourth-order valence-corrected chi connectivity index (χ4v) is 6.76. The van der Waals surface area contributed by atoms with Gasteiger partial charge in [0.05, 0.1) is 11.8 Å². The molecule has 170 valence electrons. The molecule has 0 aromatic carbocycles. The maximum atomic E-state index is 12.8. The fourth-order valence-electron chi connectivity index (χ4n) is 4.80. The van der Waals surface area contributed by atoms with Gasteiger partial charge >= 0.3 is 0 Å². The number of aryl methyl sites for hydroxylation is 2. The lowest BCUT2D eigenvalue weighted by Gasteiger charge is -2.36. The lowest BCUT2D eigenvalue weighted by molar-refractivity contribution is -0.130. The molecule has 5 nitrogen and oxygen atoms in total. The summed E-state index contributed by atoms with van der Waals surface area (Å²) in [7, 11) is 0. The Morgan fingerprint density at radius 2 is 1.94 bits per heavy atom. The zero-order valence-electron chi connectivity index (χ0n) is 19.1. The van der Waals surface area contributed by atoms with E-state index in [0.717, 1.165) is 55.5 Å². The molecular weight excluding hydrogens is 436 g/mol. The van der Waals surface area contributed by atoms with E-state index in [0.29, 0.717) is 12.3 Å². The maximum Gasteiger partial charge on any atom is 0.227 e. The molecule has 1 unspecified atom stereocenters. The number of aromatic nitrogens is 2. The first-order valence-corrected chi connectivity index (χ1v) is 13.7. The second-order valence-corrected chi connectivity index (χ2v) is 11.2. The van der Waals surface area contributed by atoms with Gasteiger partial charge in [-0.05, 0) is 49.1 Å². The maximum absolute atomic E-state index is 12.8. The molecule has 0 spiro atoms. The van der Waals surface area contributed by atoms with E-state index in [2.05, 4.69) is 24.8 Å². The lowest BCUT2D eigenvalue weighted by Crippen LogP contribution is -2.49. The molecule has 4 heterocycles. The summed E-state index contributed by atoms with van der Waals surface area (Å²) < 4.78 is 0. The van der Waals surface area contributed by atoms with Crippen LogP contribution in [0.25, 0.3) is 10.2 Å². The zero-order valence-corrected chi connectivity index (χ0v) is 20.7. The number of carbonyl (C=O) groups excluding carboxylic acids is 1. The van der Waals surface area contributed by atoms with E-state index in [-0.39, 0.29) is 5.91 Å². The van der Waals surface area contributed by atoms with E-state index in [1.54, 1.807) is 11.3 Å². The van der Waals surface area contributed by atoms with Crippen molar-refractivity contribution in [1.29, 1.82) is 0 Å². The number of fused-ring (bicyclic) bond motifs is 3. The van der Waals surface area contributed by atoms with Crippen molar-refractivity contribution >= 4 is 44.6 Å². The van der Waals surface area contributed by atoms with Crippen molar-refractivity contribution in [2.75, 3.05) is 31.1 Å². The van der Waals surface area contributed by atoms with Crippen molar-refractivity contribution in [1.82, 2.24) is 14.9 Å². The zero-order chi connectivity index (χ0) is 22.1. The average molecular weight is 469 g/mol. The third-order valence-corrected chi connectivity index (χ3v) is 9.02. The Balaban J connectivity index is 1.42. The van der Waals surface area contributed by atoms with Crippen molar-refractivity contribution in [3.63, 3.8) is 0 Å². The van der Waals surface area contributed by atoms with Gasteiger partial charge in [-0.1, -0.05) is 26.3 Å². The van der Waals surface area contributed by atoms with Gasteiger partial charge in [0.1, 0.15) is 16.5 Å². The van der Waals surface area contributed by atoms with Gasteiger partial charge in [-0.25, -0.2) is 9.97 Å². The quantitative estimate of drug-likeness (QED) is 0.469. The standard InChI is InChI=1S/C25H32N4OS2/c1-3-17(2)23-26-24(22-19-9-5-4-6-10-20(19)32-25(22)27-23)29-13-11-28(12-14-29)21(30)16-18-8-7-15-31-18/h7-8,15,17H,3-6,9-14,16H2,1-2H3. The van der Waals surface area contributed by atoms with Crippen LogP contribution in [0, 0.1) is 0 Å². The molecule has 1 saturated heterocycles. The van der Waals surface area contributed by atoms with E-state index in [9.17, 15) is 4.79 Å². The summed E-state index contributed by atoms with van der Waals surface area (Å²) in [5.74, 6) is 2.69. The van der Waals surface area contributed by atoms with E-state index in [1.807, 2.05) is 27.7 Å². The molecule has 2 aliphatic rings. The summed E-state index contributed by atoms with van der Waals surface area (Å²) >= 11 is 3.56. The van der Waals surface area contributed by atoms with Crippen molar-refractivity contribution < 1.29 is 4.79 Å². The topological polar surface area (TPSA) is 49.3 Å². The number of hydrogen-bond donors (Lipinski definition) is 0. The number of carbonyl (C=O) groups is 1. The molecule has 1 atom stereocenters. The van der Waals surface area contributed by atoms with Crippen LogP contribution in [-0.4, -0.2) is 47.0 Å². The SMILES string of the molecule is CCC(C)c1nc(N2CCN(C(=O)Cc3cccs3)CC2)c2c3c(sc2n1)CCCCC3. The number of hydrogen-bond acceptors (Lipinski definition) is 6. The largest absolute Gasteiger partial charge is 0.352 e. The van der Waals surface area contributed by atoms with E-state index >= 15 is 0 Å². The molecular formula is C25H32N4OS2.